The molecule has 1 aromatic carbocycles. The van der Waals surface area contributed by atoms with E-state index in [4.69, 9.17) is 5.41 Å². The molecule has 2 aliphatic rings. The zero-order valence-corrected chi connectivity index (χ0v) is 17.7. The van der Waals surface area contributed by atoms with E-state index in [2.05, 4.69) is 42.7 Å². The highest BCUT2D eigenvalue weighted by molar-refractivity contribution is 8.27. The minimum Gasteiger partial charge on any atom is -0.372 e. The molecule has 0 aliphatic carbocycles. The smallest absolute Gasteiger partial charge is 0.283 e. The summed E-state index contributed by atoms with van der Waals surface area (Å²) in [5, 5.41) is 16.0. The highest BCUT2D eigenvalue weighted by Gasteiger charge is 2.37. The maximum Gasteiger partial charge on any atom is 0.283 e. The van der Waals surface area contributed by atoms with Crippen molar-refractivity contribution < 1.29 is 4.79 Å². The van der Waals surface area contributed by atoms with Crippen LogP contribution in [0, 0.1) is 11.3 Å². The Morgan fingerprint density at radius 1 is 1.14 bits per heavy atom. The summed E-state index contributed by atoms with van der Waals surface area (Å²) in [5.41, 5.74) is 2.29. The van der Waals surface area contributed by atoms with Crippen LogP contribution in [0.1, 0.15) is 46.1 Å². The lowest BCUT2D eigenvalue weighted by Crippen LogP contribution is -2.35. The van der Waals surface area contributed by atoms with Crippen LogP contribution < -0.4 is 4.90 Å². The molecule has 28 heavy (non-hydrogen) atoms. The molecule has 0 saturated carbocycles. The van der Waals surface area contributed by atoms with Gasteiger partial charge in [-0.3, -0.25) is 10.2 Å². The van der Waals surface area contributed by atoms with Crippen LogP contribution in [0.5, 0.6) is 0 Å². The molecule has 7 heteroatoms. The highest BCUT2D eigenvalue weighted by atomic mass is 32.2. The Morgan fingerprint density at radius 2 is 1.79 bits per heavy atom. The third-order valence-electron chi connectivity index (χ3n) is 5.14. The molecule has 0 radical (unpaired) electrons. The van der Waals surface area contributed by atoms with Gasteiger partial charge in [0.15, 0.2) is 5.84 Å². The van der Waals surface area contributed by atoms with Gasteiger partial charge in [-0.25, -0.2) is 0 Å². The summed E-state index contributed by atoms with van der Waals surface area (Å²) in [5.74, 6) is 0.0510. The maximum absolute atomic E-state index is 12.5. The lowest BCUT2D eigenvalue weighted by molar-refractivity contribution is -0.114. The molecular formula is C21H27N5OS. The number of thioether (sulfide) groups is 1. The monoisotopic (exact) mass is 397 g/mol. The van der Waals surface area contributed by atoms with Crippen LogP contribution in [0.25, 0.3) is 6.08 Å². The number of rotatable bonds is 7. The first-order valence-electron chi connectivity index (χ1n) is 9.87. The van der Waals surface area contributed by atoms with Crippen molar-refractivity contribution in [2.24, 2.45) is 16.0 Å². The predicted octanol–water partition coefficient (Wildman–Crippen LogP) is 4.59. The number of nitrogens with one attached hydrogen (secondary N) is 1. The summed E-state index contributed by atoms with van der Waals surface area (Å²) >= 11 is 1.41. The third kappa shape index (κ3) is 3.90. The van der Waals surface area contributed by atoms with E-state index in [0.29, 0.717) is 11.1 Å². The van der Waals surface area contributed by atoms with Crippen molar-refractivity contribution in [2.45, 2.75) is 40.5 Å². The number of hydrogen-bond acceptors (Lipinski definition) is 5. The number of fused-ring (bicyclic) bond motifs is 1. The number of carbonyl (C=O) groups is 1. The quantitative estimate of drug-likeness (QED) is 0.683. The molecule has 3 rings (SSSR count). The summed E-state index contributed by atoms with van der Waals surface area (Å²) in [6.45, 7) is 10.4. The van der Waals surface area contributed by atoms with Crippen molar-refractivity contribution in [3.05, 3.63) is 35.4 Å². The Labute approximate surface area is 170 Å². The highest BCUT2D eigenvalue weighted by Crippen LogP contribution is 2.32. The fourth-order valence-electron chi connectivity index (χ4n) is 3.35. The topological polar surface area (TPSA) is 72.1 Å². The average molecular weight is 398 g/mol. The number of amides is 1. The van der Waals surface area contributed by atoms with Gasteiger partial charge >= 0.3 is 0 Å². The summed E-state index contributed by atoms with van der Waals surface area (Å²) in [6, 6.07) is 8.02. The van der Waals surface area contributed by atoms with E-state index in [1.807, 2.05) is 24.3 Å². The van der Waals surface area contributed by atoms with E-state index in [-0.39, 0.29) is 17.3 Å². The Bertz CT molecular complexity index is 848. The molecule has 0 saturated heterocycles. The number of hydrogen-bond donors (Lipinski definition) is 1. The van der Waals surface area contributed by atoms with E-state index in [1.54, 1.807) is 6.08 Å². The standard InChI is InChI=1S/C21H27N5OS/c1-5-15(6-2)20-24-26-18(22)17(19(27)23-21(26)28-20)13-14-9-11-16(12-10-14)25(7-3)8-4/h9-13,15,22H,5-8H2,1-4H3. The van der Waals surface area contributed by atoms with Crippen molar-refractivity contribution in [1.82, 2.24) is 5.01 Å². The van der Waals surface area contributed by atoms with E-state index < -0.39 is 0 Å². The first-order valence-corrected chi connectivity index (χ1v) is 10.7. The van der Waals surface area contributed by atoms with Gasteiger partial charge in [0.05, 0.1) is 5.57 Å². The van der Waals surface area contributed by atoms with Crippen LogP contribution in [-0.4, -0.2) is 40.1 Å². The van der Waals surface area contributed by atoms with Gasteiger partial charge in [0, 0.05) is 24.7 Å². The van der Waals surface area contributed by atoms with Crippen molar-refractivity contribution >= 4 is 45.5 Å². The largest absolute Gasteiger partial charge is 0.372 e. The Hall–Kier alpha value is -2.41. The molecule has 1 aromatic rings. The molecule has 0 aromatic heterocycles. The van der Waals surface area contributed by atoms with E-state index >= 15 is 0 Å². The molecule has 0 spiro atoms. The SMILES string of the molecule is CCC(CC)C1=NN2C(=N)C(=Cc3ccc(N(CC)CC)cc3)C(=O)N=C2S1. The zero-order valence-electron chi connectivity index (χ0n) is 16.9. The second-order valence-electron chi connectivity index (χ2n) is 6.74. The van der Waals surface area contributed by atoms with Crippen molar-refractivity contribution in [3.63, 3.8) is 0 Å². The van der Waals surface area contributed by atoms with Crippen molar-refractivity contribution in [3.8, 4) is 0 Å². The summed E-state index contributed by atoms with van der Waals surface area (Å²) in [4.78, 5) is 19.0. The number of nitrogens with zero attached hydrogens (tertiary/aromatic N) is 4. The van der Waals surface area contributed by atoms with Crippen molar-refractivity contribution in [1.29, 1.82) is 5.41 Å². The number of amidine groups is 2. The zero-order chi connectivity index (χ0) is 20.3. The van der Waals surface area contributed by atoms with E-state index in [9.17, 15) is 4.79 Å². The first kappa shape index (κ1) is 20.3. The van der Waals surface area contributed by atoms with Gasteiger partial charge in [0.2, 0.25) is 5.17 Å². The number of benzene rings is 1. The average Bonchev–Trinajstić information content (AvgIpc) is 3.12. The van der Waals surface area contributed by atoms with Crippen LogP contribution in [0.4, 0.5) is 5.69 Å². The fourth-order valence-corrected chi connectivity index (χ4v) is 4.50. The van der Waals surface area contributed by atoms with Gasteiger partial charge in [-0.15, -0.1) is 0 Å². The molecule has 6 nitrogen and oxygen atoms in total. The van der Waals surface area contributed by atoms with Crippen LogP contribution in [0.3, 0.4) is 0 Å². The second kappa shape index (κ2) is 8.73. The lowest BCUT2D eigenvalue weighted by atomic mass is 10.1. The van der Waals surface area contributed by atoms with Gasteiger partial charge in [0.25, 0.3) is 5.91 Å². The third-order valence-corrected chi connectivity index (χ3v) is 6.21. The molecule has 2 heterocycles. The Balaban J connectivity index is 1.86. The summed E-state index contributed by atoms with van der Waals surface area (Å²) in [7, 11) is 0. The van der Waals surface area contributed by atoms with Crippen molar-refractivity contribution in [2.75, 3.05) is 18.0 Å². The van der Waals surface area contributed by atoms with Crippen LogP contribution in [0.15, 0.2) is 39.9 Å². The second-order valence-corrected chi connectivity index (χ2v) is 7.72. The van der Waals surface area contributed by atoms with Gasteiger partial charge < -0.3 is 4.90 Å². The van der Waals surface area contributed by atoms with E-state index in [0.717, 1.165) is 42.2 Å². The number of anilines is 1. The molecule has 0 fully saturated rings. The van der Waals surface area contributed by atoms with Gasteiger partial charge in [0.1, 0.15) is 5.04 Å². The molecule has 0 atom stereocenters. The molecule has 2 aliphatic heterocycles. The predicted molar refractivity (Wildman–Crippen MR) is 119 cm³/mol. The number of hydrazone groups is 1. The van der Waals surface area contributed by atoms with Crippen LogP contribution >= 0.6 is 11.8 Å². The summed E-state index contributed by atoms with van der Waals surface area (Å²) < 4.78 is 0. The lowest BCUT2D eigenvalue weighted by Gasteiger charge is -2.21. The fraction of sp³-hybridized carbons (Fsp3) is 0.429. The minimum atomic E-state index is -0.377. The number of carbonyl (C=O) groups excluding carboxylic acids is 1. The normalized spacial score (nSPS) is 17.9. The first-order chi connectivity index (χ1) is 13.5. The maximum atomic E-state index is 12.5. The molecular weight excluding hydrogens is 370 g/mol. The molecule has 148 valence electrons. The summed E-state index contributed by atoms with van der Waals surface area (Å²) in [6.07, 6.45) is 3.69. The van der Waals surface area contributed by atoms with Gasteiger partial charge in [-0.05, 0) is 62.2 Å². The van der Waals surface area contributed by atoms with Crippen LogP contribution in [-0.2, 0) is 4.79 Å². The minimum absolute atomic E-state index is 0.0938. The Kier molecular flexibility index (Phi) is 6.34. The molecule has 1 N–H and O–H groups in total. The Morgan fingerprint density at radius 3 is 2.36 bits per heavy atom. The van der Waals surface area contributed by atoms with Gasteiger partial charge in [-0.1, -0.05) is 26.0 Å². The molecule has 0 bridgehead atoms. The van der Waals surface area contributed by atoms with Gasteiger partial charge in [-0.2, -0.15) is 15.1 Å². The number of aliphatic imine (C=N–C) groups is 1. The molecule has 1 amide bonds. The molecule has 0 unspecified atom stereocenters. The van der Waals surface area contributed by atoms with Crippen LogP contribution in [0.2, 0.25) is 0 Å². The van der Waals surface area contributed by atoms with E-state index in [1.165, 1.54) is 16.8 Å².